The van der Waals surface area contributed by atoms with Crippen molar-refractivity contribution in [2.45, 2.75) is 20.4 Å². The largest absolute Gasteiger partial charge is 0.300 e. The van der Waals surface area contributed by atoms with Crippen LogP contribution in [0.2, 0.25) is 10.0 Å². The van der Waals surface area contributed by atoms with E-state index in [0.717, 1.165) is 30.8 Å². The fraction of sp³-hybridized carbons (Fsp3) is 0.250. The van der Waals surface area contributed by atoms with E-state index in [4.69, 9.17) is 23.2 Å². The normalized spacial score (nSPS) is 11.4. The lowest BCUT2D eigenvalue weighted by atomic mass is 10.1. The van der Waals surface area contributed by atoms with Gasteiger partial charge in [-0.1, -0.05) is 61.3 Å². The predicted molar refractivity (Wildman–Crippen MR) is 103 cm³/mol. The van der Waals surface area contributed by atoms with E-state index in [1.165, 1.54) is 0 Å². The van der Waals surface area contributed by atoms with Crippen LogP contribution in [0.3, 0.4) is 0 Å². The summed E-state index contributed by atoms with van der Waals surface area (Å²) >= 11 is 12.0. The van der Waals surface area contributed by atoms with Gasteiger partial charge in [-0.25, -0.2) is 0 Å². The quantitative estimate of drug-likeness (QED) is 0.463. The molecule has 2 rings (SSSR count). The Morgan fingerprint density at radius 1 is 1.08 bits per heavy atom. The SMILES string of the molecule is CCN(CC)Cc1cccc(C(=O)C=Cc2ccc(Cl)cc2Cl)c1. The van der Waals surface area contributed by atoms with Crippen LogP contribution in [-0.2, 0) is 6.54 Å². The molecule has 2 nitrogen and oxygen atoms in total. The van der Waals surface area contributed by atoms with Crippen molar-refractivity contribution in [3.05, 3.63) is 75.3 Å². The molecule has 0 saturated heterocycles. The third-order valence-corrected chi connectivity index (χ3v) is 4.45. The third kappa shape index (κ3) is 5.20. The number of nitrogens with zero attached hydrogens (tertiary/aromatic N) is 1. The molecule has 0 spiro atoms. The smallest absolute Gasteiger partial charge is 0.185 e. The molecule has 0 fully saturated rings. The van der Waals surface area contributed by atoms with Gasteiger partial charge in [-0.3, -0.25) is 9.69 Å². The summed E-state index contributed by atoms with van der Waals surface area (Å²) in [6.07, 6.45) is 3.27. The van der Waals surface area contributed by atoms with Crippen molar-refractivity contribution in [2.24, 2.45) is 0 Å². The highest BCUT2D eigenvalue weighted by atomic mass is 35.5. The van der Waals surface area contributed by atoms with Crippen molar-refractivity contribution in [2.75, 3.05) is 13.1 Å². The summed E-state index contributed by atoms with van der Waals surface area (Å²) < 4.78 is 0. The molecule has 0 saturated carbocycles. The second-order valence-corrected chi connectivity index (χ2v) is 6.37. The van der Waals surface area contributed by atoms with E-state index in [0.29, 0.717) is 15.6 Å². The fourth-order valence-electron chi connectivity index (χ4n) is 2.43. The monoisotopic (exact) mass is 361 g/mol. The molecule has 4 heteroatoms. The zero-order valence-electron chi connectivity index (χ0n) is 13.9. The Hall–Kier alpha value is -1.61. The molecule has 0 atom stereocenters. The van der Waals surface area contributed by atoms with Crippen LogP contribution in [0.15, 0.2) is 48.5 Å². The van der Waals surface area contributed by atoms with Gasteiger partial charge in [-0.05, 0) is 54.6 Å². The van der Waals surface area contributed by atoms with Crippen molar-refractivity contribution in [3.63, 3.8) is 0 Å². The van der Waals surface area contributed by atoms with Crippen molar-refractivity contribution in [1.29, 1.82) is 0 Å². The molecule has 0 aromatic heterocycles. The van der Waals surface area contributed by atoms with E-state index in [1.54, 1.807) is 30.4 Å². The Bertz CT molecular complexity index is 736. The fourth-order valence-corrected chi connectivity index (χ4v) is 2.90. The maximum atomic E-state index is 12.4. The Labute approximate surface area is 153 Å². The van der Waals surface area contributed by atoms with Gasteiger partial charge in [0.1, 0.15) is 0 Å². The summed E-state index contributed by atoms with van der Waals surface area (Å²) in [7, 11) is 0. The summed E-state index contributed by atoms with van der Waals surface area (Å²) in [5, 5.41) is 1.11. The van der Waals surface area contributed by atoms with Crippen molar-refractivity contribution in [1.82, 2.24) is 4.90 Å². The lowest BCUT2D eigenvalue weighted by Crippen LogP contribution is -2.22. The minimum Gasteiger partial charge on any atom is -0.300 e. The second kappa shape index (κ2) is 9.03. The number of allylic oxidation sites excluding steroid dienone is 1. The molecule has 2 aromatic rings. The van der Waals surface area contributed by atoms with Crippen LogP contribution in [0.5, 0.6) is 0 Å². The minimum absolute atomic E-state index is 0.0394. The number of carbonyl (C=O) groups is 1. The van der Waals surface area contributed by atoms with Gasteiger partial charge in [-0.15, -0.1) is 0 Å². The Kier molecular flexibility index (Phi) is 7.04. The van der Waals surface area contributed by atoms with E-state index in [9.17, 15) is 4.79 Å². The first-order chi connectivity index (χ1) is 11.5. The van der Waals surface area contributed by atoms with E-state index in [-0.39, 0.29) is 5.78 Å². The Morgan fingerprint density at radius 3 is 2.50 bits per heavy atom. The van der Waals surface area contributed by atoms with Crippen LogP contribution < -0.4 is 0 Å². The van der Waals surface area contributed by atoms with Crippen LogP contribution >= 0.6 is 23.2 Å². The second-order valence-electron chi connectivity index (χ2n) is 5.53. The summed E-state index contributed by atoms with van der Waals surface area (Å²) in [5.74, 6) is -0.0394. The maximum Gasteiger partial charge on any atom is 0.185 e. The van der Waals surface area contributed by atoms with Gasteiger partial charge >= 0.3 is 0 Å². The average Bonchev–Trinajstić information content (AvgIpc) is 2.59. The molecule has 0 heterocycles. The number of hydrogen-bond donors (Lipinski definition) is 0. The molecule has 0 radical (unpaired) electrons. The van der Waals surface area contributed by atoms with Crippen LogP contribution in [0.25, 0.3) is 6.08 Å². The van der Waals surface area contributed by atoms with Crippen LogP contribution in [-0.4, -0.2) is 23.8 Å². The van der Waals surface area contributed by atoms with Gasteiger partial charge in [-0.2, -0.15) is 0 Å². The van der Waals surface area contributed by atoms with Gasteiger partial charge in [0, 0.05) is 22.2 Å². The highest BCUT2D eigenvalue weighted by Crippen LogP contribution is 2.22. The third-order valence-electron chi connectivity index (χ3n) is 3.89. The summed E-state index contributed by atoms with van der Waals surface area (Å²) in [6.45, 7) is 7.10. The number of benzene rings is 2. The van der Waals surface area contributed by atoms with Crippen molar-refractivity contribution >= 4 is 35.1 Å². The van der Waals surface area contributed by atoms with Crippen molar-refractivity contribution < 1.29 is 4.79 Å². The first-order valence-electron chi connectivity index (χ1n) is 8.02. The number of carbonyl (C=O) groups excluding carboxylic acids is 1. The van der Waals surface area contributed by atoms with Gasteiger partial charge in [0.2, 0.25) is 0 Å². The zero-order valence-corrected chi connectivity index (χ0v) is 15.4. The number of hydrogen-bond acceptors (Lipinski definition) is 2. The van der Waals surface area contributed by atoms with Gasteiger partial charge < -0.3 is 0 Å². The van der Waals surface area contributed by atoms with Crippen LogP contribution in [0.4, 0.5) is 0 Å². The number of ketones is 1. The average molecular weight is 362 g/mol. The van der Waals surface area contributed by atoms with Gasteiger partial charge in [0.15, 0.2) is 5.78 Å². The van der Waals surface area contributed by atoms with Gasteiger partial charge in [0.05, 0.1) is 0 Å². The first kappa shape index (κ1) is 18.7. The maximum absolute atomic E-state index is 12.4. The van der Waals surface area contributed by atoms with E-state index in [2.05, 4.69) is 24.8 Å². The van der Waals surface area contributed by atoms with E-state index < -0.39 is 0 Å². The standard InChI is InChI=1S/C20H21Cl2NO/c1-3-23(4-2)14-15-6-5-7-17(12-15)20(24)11-9-16-8-10-18(21)13-19(16)22/h5-13H,3-4,14H2,1-2H3. The molecular formula is C20H21Cl2NO. The number of rotatable bonds is 7. The van der Waals surface area contributed by atoms with Crippen LogP contribution in [0, 0.1) is 0 Å². The van der Waals surface area contributed by atoms with E-state index >= 15 is 0 Å². The molecule has 126 valence electrons. The molecule has 0 bridgehead atoms. The Balaban J connectivity index is 2.13. The molecule has 0 amide bonds. The topological polar surface area (TPSA) is 20.3 Å². The van der Waals surface area contributed by atoms with Crippen LogP contribution in [0.1, 0.15) is 35.3 Å². The molecule has 0 aliphatic rings. The molecule has 2 aromatic carbocycles. The lowest BCUT2D eigenvalue weighted by molar-refractivity contribution is 0.104. The summed E-state index contributed by atoms with van der Waals surface area (Å²) in [4.78, 5) is 14.7. The summed E-state index contributed by atoms with van der Waals surface area (Å²) in [5.41, 5.74) is 2.59. The van der Waals surface area contributed by atoms with Gasteiger partial charge in [0.25, 0.3) is 0 Å². The molecule has 24 heavy (non-hydrogen) atoms. The zero-order chi connectivity index (χ0) is 17.5. The van der Waals surface area contributed by atoms with E-state index in [1.807, 2.05) is 18.2 Å². The molecular weight excluding hydrogens is 341 g/mol. The predicted octanol–water partition coefficient (Wildman–Crippen LogP) is 5.73. The lowest BCUT2D eigenvalue weighted by Gasteiger charge is -2.18. The molecule has 0 N–H and O–H groups in total. The molecule has 0 aliphatic heterocycles. The number of halogens is 2. The highest BCUT2D eigenvalue weighted by Gasteiger charge is 2.06. The Morgan fingerprint density at radius 2 is 1.83 bits per heavy atom. The first-order valence-corrected chi connectivity index (χ1v) is 8.77. The summed E-state index contributed by atoms with van der Waals surface area (Å²) in [6, 6.07) is 13.0. The highest BCUT2D eigenvalue weighted by molar-refractivity contribution is 6.35. The van der Waals surface area contributed by atoms with Crippen molar-refractivity contribution in [3.8, 4) is 0 Å². The molecule has 0 aliphatic carbocycles. The minimum atomic E-state index is -0.0394. The molecule has 0 unspecified atom stereocenters.